The minimum Gasteiger partial charge on any atom is -0.385 e. The van der Waals surface area contributed by atoms with Crippen molar-refractivity contribution in [1.29, 1.82) is 0 Å². The maximum absolute atomic E-state index is 12.2. The van der Waals surface area contributed by atoms with Gasteiger partial charge in [0.15, 0.2) is 0 Å². The first-order valence-corrected chi connectivity index (χ1v) is 5.54. The molecule has 0 aliphatic carbocycles. The molecule has 0 saturated carbocycles. The minimum absolute atomic E-state index is 0.606. The van der Waals surface area contributed by atoms with Gasteiger partial charge in [-0.1, -0.05) is 0 Å². The Morgan fingerprint density at radius 2 is 1.69 bits per heavy atom. The Morgan fingerprint density at radius 3 is 2.19 bits per heavy atom. The van der Waals surface area contributed by atoms with Gasteiger partial charge in [-0.3, -0.25) is 0 Å². The third-order valence-corrected chi connectivity index (χ3v) is 2.37. The predicted molar refractivity (Wildman–Crippen MR) is 59.9 cm³/mol. The number of unbranched alkanes of at least 4 members (excludes halogenated alkanes) is 1. The highest BCUT2D eigenvalue weighted by molar-refractivity contribution is 6.17. The molecule has 90 valence electrons. The maximum Gasteiger partial charge on any atom is 0.416 e. The van der Waals surface area contributed by atoms with Gasteiger partial charge in [-0.25, -0.2) is 0 Å². The Labute approximate surface area is 97.6 Å². The van der Waals surface area contributed by atoms with Gasteiger partial charge in [0.25, 0.3) is 0 Å². The lowest BCUT2D eigenvalue weighted by Crippen LogP contribution is -2.06. The zero-order valence-electron chi connectivity index (χ0n) is 8.65. The summed E-state index contributed by atoms with van der Waals surface area (Å²) in [4.78, 5) is 0. The average molecular weight is 252 g/mol. The van der Waals surface area contributed by atoms with E-state index in [1.54, 1.807) is 0 Å². The lowest BCUT2D eigenvalue weighted by atomic mass is 10.2. The summed E-state index contributed by atoms with van der Waals surface area (Å²) in [5.41, 5.74) is 0.0707. The Balaban J connectivity index is 2.46. The van der Waals surface area contributed by atoms with Gasteiger partial charge >= 0.3 is 6.18 Å². The highest BCUT2D eigenvalue weighted by atomic mass is 35.5. The van der Waals surface area contributed by atoms with Crippen molar-refractivity contribution in [2.24, 2.45) is 0 Å². The number of hydrogen-bond acceptors (Lipinski definition) is 1. The van der Waals surface area contributed by atoms with Gasteiger partial charge in [0, 0.05) is 18.1 Å². The second kappa shape index (κ2) is 5.99. The summed E-state index contributed by atoms with van der Waals surface area (Å²) in [6.45, 7) is 0.720. The smallest absolute Gasteiger partial charge is 0.385 e. The molecule has 0 saturated heterocycles. The first-order valence-electron chi connectivity index (χ1n) is 5.01. The van der Waals surface area contributed by atoms with Crippen LogP contribution in [0.3, 0.4) is 0 Å². The van der Waals surface area contributed by atoms with E-state index < -0.39 is 11.7 Å². The largest absolute Gasteiger partial charge is 0.416 e. The molecule has 0 aliphatic rings. The molecule has 0 bridgehead atoms. The molecule has 0 aliphatic heterocycles. The van der Waals surface area contributed by atoms with Crippen LogP contribution < -0.4 is 5.32 Å². The number of anilines is 1. The predicted octanol–water partition coefficient (Wildman–Crippen LogP) is 4.14. The lowest BCUT2D eigenvalue weighted by Gasteiger charge is -2.09. The highest BCUT2D eigenvalue weighted by Crippen LogP contribution is 2.29. The van der Waals surface area contributed by atoms with Crippen molar-refractivity contribution in [1.82, 2.24) is 0 Å². The Bertz CT molecular complexity index is 308. The zero-order valence-corrected chi connectivity index (χ0v) is 9.41. The van der Waals surface area contributed by atoms with Gasteiger partial charge in [-0.2, -0.15) is 13.2 Å². The maximum atomic E-state index is 12.2. The third kappa shape index (κ3) is 4.31. The van der Waals surface area contributed by atoms with E-state index >= 15 is 0 Å². The second-order valence-corrected chi connectivity index (χ2v) is 3.78. The average Bonchev–Trinajstić information content (AvgIpc) is 2.24. The number of hydrogen-bond donors (Lipinski definition) is 1. The lowest BCUT2D eigenvalue weighted by molar-refractivity contribution is -0.137. The molecular formula is C11H13ClF3N. The molecule has 0 atom stereocenters. The molecule has 0 unspecified atom stereocenters. The fraction of sp³-hybridized carbons (Fsp3) is 0.455. The van der Waals surface area contributed by atoms with E-state index in [0.717, 1.165) is 31.5 Å². The van der Waals surface area contributed by atoms with E-state index in [4.69, 9.17) is 11.6 Å². The van der Waals surface area contributed by atoms with E-state index in [-0.39, 0.29) is 0 Å². The number of halogens is 4. The SMILES string of the molecule is FC(F)(F)c1ccc(NCCCCCl)cc1. The zero-order chi connectivity index (χ0) is 12.0. The third-order valence-electron chi connectivity index (χ3n) is 2.10. The van der Waals surface area contributed by atoms with Crippen molar-refractivity contribution >= 4 is 17.3 Å². The topological polar surface area (TPSA) is 12.0 Å². The molecule has 0 aromatic heterocycles. The highest BCUT2D eigenvalue weighted by Gasteiger charge is 2.29. The van der Waals surface area contributed by atoms with E-state index in [0.29, 0.717) is 11.6 Å². The van der Waals surface area contributed by atoms with Gasteiger partial charge in [0.05, 0.1) is 5.56 Å². The fourth-order valence-corrected chi connectivity index (χ4v) is 1.42. The van der Waals surface area contributed by atoms with Crippen LogP contribution in [0.15, 0.2) is 24.3 Å². The van der Waals surface area contributed by atoms with Crippen LogP contribution in [-0.2, 0) is 6.18 Å². The molecular weight excluding hydrogens is 239 g/mol. The quantitative estimate of drug-likeness (QED) is 0.613. The summed E-state index contributed by atoms with van der Waals surface area (Å²) >= 11 is 5.50. The van der Waals surface area contributed by atoms with Gasteiger partial charge < -0.3 is 5.32 Å². The first kappa shape index (κ1) is 13.2. The second-order valence-electron chi connectivity index (χ2n) is 3.40. The normalized spacial score (nSPS) is 11.5. The molecule has 1 aromatic carbocycles. The summed E-state index contributed by atoms with van der Waals surface area (Å²) in [6, 6.07) is 5.01. The van der Waals surface area contributed by atoms with Crippen LogP contribution in [0, 0.1) is 0 Å². The Kier molecular flexibility index (Phi) is 4.93. The van der Waals surface area contributed by atoms with Crippen LogP contribution in [0.25, 0.3) is 0 Å². The van der Waals surface area contributed by atoms with E-state index in [1.807, 2.05) is 0 Å². The summed E-state index contributed by atoms with van der Waals surface area (Å²) in [7, 11) is 0. The van der Waals surface area contributed by atoms with Gasteiger partial charge in [-0.15, -0.1) is 11.6 Å². The van der Waals surface area contributed by atoms with Crippen LogP contribution in [0.2, 0.25) is 0 Å². The van der Waals surface area contributed by atoms with Crippen LogP contribution in [0.5, 0.6) is 0 Å². The standard InChI is InChI=1S/C11H13ClF3N/c12-7-1-2-8-16-10-5-3-9(4-6-10)11(13,14)15/h3-6,16H,1-2,7-8H2. The molecule has 0 fully saturated rings. The molecule has 0 radical (unpaired) electrons. The van der Waals surface area contributed by atoms with E-state index in [9.17, 15) is 13.2 Å². The van der Waals surface area contributed by atoms with Crippen molar-refractivity contribution < 1.29 is 13.2 Å². The summed E-state index contributed by atoms with van der Waals surface area (Å²) < 4.78 is 36.7. The molecule has 1 nitrogen and oxygen atoms in total. The number of rotatable bonds is 5. The first-order chi connectivity index (χ1) is 7.54. The number of nitrogens with one attached hydrogen (secondary N) is 1. The van der Waals surface area contributed by atoms with Crippen LogP contribution in [0.1, 0.15) is 18.4 Å². The molecule has 1 rings (SSSR count). The molecule has 16 heavy (non-hydrogen) atoms. The number of alkyl halides is 4. The molecule has 5 heteroatoms. The van der Waals surface area contributed by atoms with Crippen molar-refractivity contribution in [3.8, 4) is 0 Å². The van der Waals surface area contributed by atoms with Gasteiger partial charge in [0.1, 0.15) is 0 Å². The van der Waals surface area contributed by atoms with Crippen molar-refractivity contribution in [2.75, 3.05) is 17.7 Å². The molecule has 0 amide bonds. The van der Waals surface area contributed by atoms with Crippen molar-refractivity contribution in [3.63, 3.8) is 0 Å². The summed E-state index contributed by atoms with van der Waals surface area (Å²) in [6.07, 6.45) is -2.46. The molecule has 1 N–H and O–H groups in total. The van der Waals surface area contributed by atoms with E-state index in [1.165, 1.54) is 12.1 Å². The number of benzene rings is 1. The Hall–Kier alpha value is -0.900. The summed E-state index contributed by atoms with van der Waals surface area (Å²) in [5, 5.41) is 3.03. The van der Waals surface area contributed by atoms with Crippen molar-refractivity contribution in [2.45, 2.75) is 19.0 Å². The fourth-order valence-electron chi connectivity index (χ4n) is 1.23. The van der Waals surface area contributed by atoms with Crippen LogP contribution >= 0.6 is 11.6 Å². The molecule has 1 aromatic rings. The monoisotopic (exact) mass is 251 g/mol. The van der Waals surface area contributed by atoms with Crippen molar-refractivity contribution in [3.05, 3.63) is 29.8 Å². The molecule has 0 heterocycles. The van der Waals surface area contributed by atoms with Gasteiger partial charge in [-0.05, 0) is 37.1 Å². The summed E-state index contributed by atoms with van der Waals surface area (Å²) in [5.74, 6) is 0.606. The van der Waals surface area contributed by atoms with E-state index in [2.05, 4.69) is 5.32 Å². The Morgan fingerprint density at radius 1 is 1.06 bits per heavy atom. The minimum atomic E-state index is -4.27. The molecule has 0 spiro atoms. The van der Waals surface area contributed by atoms with Gasteiger partial charge in [0.2, 0.25) is 0 Å². The van der Waals surface area contributed by atoms with Crippen LogP contribution in [-0.4, -0.2) is 12.4 Å². The van der Waals surface area contributed by atoms with Crippen LogP contribution in [0.4, 0.5) is 18.9 Å².